The zero-order chi connectivity index (χ0) is 18.5. The molecule has 1 aromatic carbocycles. The van der Waals surface area contributed by atoms with Crippen molar-refractivity contribution < 1.29 is 14.3 Å². The van der Waals surface area contributed by atoms with Crippen molar-refractivity contribution in [2.45, 2.75) is 26.2 Å². The molecule has 7 nitrogen and oxygen atoms in total. The molecule has 2 amide bonds. The van der Waals surface area contributed by atoms with Crippen LogP contribution < -0.4 is 15.0 Å². The van der Waals surface area contributed by atoms with Gasteiger partial charge in [0.25, 0.3) is 0 Å². The molecule has 0 atom stereocenters. The Morgan fingerprint density at radius 2 is 2.35 bits per heavy atom. The Bertz CT molecular complexity index is 872. The molecule has 3 rings (SSSR count). The lowest BCUT2D eigenvalue weighted by atomic mass is 10.2. The van der Waals surface area contributed by atoms with Crippen LogP contribution in [0.5, 0.6) is 5.75 Å². The molecule has 1 saturated heterocycles. The maximum Gasteiger partial charge on any atom is 0.230 e. The van der Waals surface area contributed by atoms with E-state index in [1.807, 2.05) is 13.0 Å². The topological polar surface area (TPSA) is 95.3 Å². The molecular weight excluding hydrogens is 352 g/mol. The van der Waals surface area contributed by atoms with Crippen LogP contribution >= 0.6 is 11.3 Å². The summed E-state index contributed by atoms with van der Waals surface area (Å²) in [5.41, 5.74) is 1.50. The molecule has 1 N–H and O–H groups in total. The summed E-state index contributed by atoms with van der Waals surface area (Å²) in [5.74, 6) is 0.331. The van der Waals surface area contributed by atoms with E-state index in [1.54, 1.807) is 28.5 Å². The Morgan fingerprint density at radius 1 is 1.50 bits per heavy atom. The number of carbonyl (C=O) groups is 2. The van der Waals surface area contributed by atoms with Crippen molar-refractivity contribution in [2.75, 3.05) is 23.4 Å². The zero-order valence-corrected chi connectivity index (χ0v) is 15.1. The Morgan fingerprint density at radius 3 is 3.04 bits per heavy atom. The highest BCUT2D eigenvalue weighted by atomic mass is 32.1. The third kappa shape index (κ3) is 4.00. The number of amides is 2. The van der Waals surface area contributed by atoms with Gasteiger partial charge in [0.05, 0.1) is 36.0 Å². The fourth-order valence-corrected chi connectivity index (χ4v) is 3.56. The van der Waals surface area contributed by atoms with Crippen LogP contribution in [-0.2, 0) is 16.0 Å². The van der Waals surface area contributed by atoms with Gasteiger partial charge in [-0.3, -0.25) is 14.5 Å². The van der Waals surface area contributed by atoms with Crippen LogP contribution in [0.4, 0.5) is 10.8 Å². The molecule has 1 fully saturated rings. The Kier molecular flexibility index (Phi) is 5.49. The van der Waals surface area contributed by atoms with Gasteiger partial charge in [0.1, 0.15) is 5.75 Å². The van der Waals surface area contributed by atoms with Crippen LogP contribution in [-0.4, -0.2) is 29.9 Å². The maximum absolute atomic E-state index is 12.4. The monoisotopic (exact) mass is 370 g/mol. The molecule has 2 heterocycles. The Hall–Kier alpha value is -2.92. The minimum atomic E-state index is -0.259. The van der Waals surface area contributed by atoms with Gasteiger partial charge in [-0.2, -0.15) is 5.26 Å². The van der Waals surface area contributed by atoms with E-state index in [4.69, 9.17) is 10.00 Å². The number of nitrogens with one attached hydrogen (secondary N) is 1. The van der Waals surface area contributed by atoms with E-state index in [9.17, 15) is 9.59 Å². The van der Waals surface area contributed by atoms with Gasteiger partial charge >= 0.3 is 0 Å². The predicted octanol–water partition coefficient (Wildman–Crippen LogP) is 2.72. The molecule has 1 aromatic heterocycles. The highest BCUT2D eigenvalue weighted by Gasteiger charge is 2.24. The zero-order valence-electron chi connectivity index (χ0n) is 14.3. The number of hydrogen-bond donors (Lipinski definition) is 1. The molecule has 0 spiro atoms. The molecular formula is C18H18N4O3S. The summed E-state index contributed by atoms with van der Waals surface area (Å²) in [5, 5.41) is 14.2. The van der Waals surface area contributed by atoms with E-state index in [1.165, 1.54) is 11.3 Å². The first kappa shape index (κ1) is 17.9. The molecule has 8 heteroatoms. The second-order valence-corrected chi connectivity index (χ2v) is 6.59. The average Bonchev–Trinajstić information content (AvgIpc) is 3.25. The SMILES string of the molecule is CCOc1ccc(C#N)cc1NC(=O)Cc1csc(N2CCCC2=O)n1. The van der Waals surface area contributed by atoms with E-state index < -0.39 is 0 Å². The molecule has 2 aromatic rings. The number of nitriles is 1. The van der Waals surface area contributed by atoms with Crippen molar-refractivity contribution in [1.82, 2.24) is 4.98 Å². The van der Waals surface area contributed by atoms with E-state index in [0.717, 1.165) is 6.42 Å². The minimum Gasteiger partial charge on any atom is -0.492 e. The summed E-state index contributed by atoms with van der Waals surface area (Å²) < 4.78 is 5.49. The van der Waals surface area contributed by atoms with E-state index >= 15 is 0 Å². The number of aromatic nitrogens is 1. The quantitative estimate of drug-likeness (QED) is 0.843. The van der Waals surface area contributed by atoms with E-state index in [2.05, 4.69) is 10.3 Å². The number of rotatable bonds is 6. The maximum atomic E-state index is 12.4. The summed E-state index contributed by atoms with van der Waals surface area (Å²) in [7, 11) is 0. The van der Waals surface area contributed by atoms with Gasteiger partial charge in [-0.05, 0) is 31.5 Å². The number of hydrogen-bond acceptors (Lipinski definition) is 6. The first-order chi connectivity index (χ1) is 12.6. The normalized spacial score (nSPS) is 13.5. The summed E-state index contributed by atoms with van der Waals surface area (Å²) in [6.45, 7) is 2.98. The van der Waals surface area contributed by atoms with Gasteiger partial charge in [0.15, 0.2) is 5.13 Å². The molecule has 0 bridgehead atoms. The van der Waals surface area contributed by atoms with Crippen molar-refractivity contribution >= 4 is 34.0 Å². The summed E-state index contributed by atoms with van der Waals surface area (Å²) in [4.78, 5) is 30.2. The van der Waals surface area contributed by atoms with E-state index in [-0.39, 0.29) is 18.2 Å². The largest absolute Gasteiger partial charge is 0.492 e. The number of carbonyl (C=O) groups excluding carboxylic acids is 2. The lowest BCUT2D eigenvalue weighted by Crippen LogP contribution is -2.23. The number of benzene rings is 1. The van der Waals surface area contributed by atoms with Gasteiger partial charge in [0, 0.05) is 18.3 Å². The van der Waals surface area contributed by atoms with Crippen molar-refractivity contribution in [3.05, 3.63) is 34.8 Å². The average molecular weight is 370 g/mol. The summed E-state index contributed by atoms with van der Waals surface area (Å²) in [6.07, 6.45) is 1.47. The van der Waals surface area contributed by atoms with Crippen LogP contribution in [0.1, 0.15) is 31.0 Å². The number of nitrogens with zero attached hydrogens (tertiary/aromatic N) is 3. The first-order valence-electron chi connectivity index (χ1n) is 8.32. The number of anilines is 2. The van der Waals surface area contributed by atoms with Crippen molar-refractivity contribution in [1.29, 1.82) is 5.26 Å². The first-order valence-corrected chi connectivity index (χ1v) is 9.20. The van der Waals surface area contributed by atoms with Crippen LogP contribution in [0.15, 0.2) is 23.6 Å². The molecule has 1 aliphatic heterocycles. The lowest BCUT2D eigenvalue weighted by molar-refractivity contribution is -0.117. The number of ether oxygens (including phenoxy) is 1. The fraction of sp³-hybridized carbons (Fsp3) is 0.333. The van der Waals surface area contributed by atoms with Crippen molar-refractivity contribution in [3.8, 4) is 11.8 Å². The van der Waals surface area contributed by atoms with Crippen LogP contribution in [0.25, 0.3) is 0 Å². The summed E-state index contributed by atoms with van der Waals surface area (Å²) >= 11 is 1.36. The summed E-state index contributed by atoms with van der Waals surface area (Å²) in [6, 6.07) is 6.93. The van der Waals surface area contributed by atoms with Crippen LogP contribution in [0.3, 0.4) is 0 Å². The molecule has 26 heavy (non-hydrogen) atoms. The molecule has 0 unspecified atom stereocenters. The predicted molar refractivity (Wildman–Crippen MR) is 98.4 cm³/mol. The van der Waals surface area contributed by atoms with Gasteiger partial charge in [0.2, 0.25) is 11.8 Å². The standard InChI is InChI=1S/C18H18N4O3S/c1-2-25-15-6-5-12(10-19)8-14(15)21-16(23)9-13-11-26-18(20-13)22-7-3-4-17(22)24/h5-6,8,11H,2-4,7,9H2,1H3,(H,21,23). The van der Waals surface area contributed by atoms with Gasteiger partial charge in [-0.25, -0.2) is 4.98 Å². The van der Waals surface area contributed by atoms with Crippen LogP contribution in [0, 0.1) is 11.3 Å². The molecule has 134 valence electrons. The Labute approximate surface area is 155 Å². The molecule has 0 radical (unpaired) electrons. The van der Waals surface area contributed by atoms with Crippen molar-refractivity contribution in [2.24, 2.45) is 0 Å². The fourth-order valence-electron chi connectivity index (χ4n) is 2.69. The Balaban J connectivity index is 1.69. The highest BCUT2D eigenvalue weighted by molar-refractivity contribution is 7.14. The second-order valence-electron chi connectivity index (χ2n) is 5.75. The van der Waals surface area contributed by atoms with Gasteiger partial charge in [-0.15, -0.1) is 11.3 Å². The second kappa shape index (κ2) is 7.97. The van der Waals surface area contributed by atoms with E-state index in [0.29, 0.717) is 47.4 Å². The number of thiazole rings is 1. The van der Waals surface area contributed by atoms with Gasteiger partial charge in [-0.1, -0.05) is 0 Å². The third-order valence-electron chi connectivity index (χ3n) is 3.87. The molecule has 0 aliphatic carbocycles. The van der Waals surface area contributed by atoms with Crippen molar-refractivity contribution in [3.63, 3.8) is 0 Å². The van der Waals surface area contributed by atoms with Gasteiger partial charge < -0.3 is 10.1 Å². The molecule has 1 aliphatic rings. The van der Waals surface area contributed by atoms with Crippen LogP contribution in [0.2, 0.25) is 0 Å². The highest BCUT2D eigenvalue weighted by Crippen LogP contribution is 2.27. The minimum absolute atomic E-state index is 0.0741. The molecule has 0 saturated carbocycles. The lowest BCUT2D eigenvalue weighted by Gasteiger charge is -2.12. The smallest absolute Gasteiger partial charge is 0.230 e. The third-order valence-corrected chi connectivity index (χ3v) is 4.78.